The minimum atomic E-state index is -0.612. The van der Waals surface area contributed by atoms with Crippen LogP contribution in [-0.2, 0) is 0 Å². The number of H-pyrrole nitrogens is 1. The Labute approximate surface area is 95.5 Å². The molecule has 6 nitrogen and oxygen atoms in total. The van der Waals surface area contributed by atoms with Crippen LogP contribution in [0.5, 0.6) is 0 Å². The zero-order valence-corrected chi connectivity index (χ0v) is 8.68. The Morgan fingerprint density at radius 1 is 1.41 bits per heavy atom. The van der Waals surface area contributed by atoms with Crippen LogP contribution in [0.3, 0.4) is 0 Å². The second kappa shape index (κ2) is 3.44. The summed E-state index contributed by atoms with van der Waals surface area (Å²) in [5.74, 6) is -0.259. The van der Waals surface area contributed by atoms with E-state index in [0.717, 1.165) is 16.6 Å². The van der Waals surface area contributed by atoms with Gasteiger partial charge in [0.25, 0.3) is 5.91 Å². The van der Waals surface area contributed by atoms with E-state index in [4.69, 9.17) is 10.2 Å². The SMILES string of the molecule is NC(=O)c1coc(-c2ccnc3[nH]ccc23)n1. The number of aromatic nitrogens is 3. The van der Waals surface area contributed by atoms with Crippen molar-refractivity contribution in [1.82, 2.24) is 15.0 Å². The number of primary amides is 1. The van der Waals surface area contributed by atoms with Crippen LogP contribution in [0.15, 0.2) is 35.2 Å². The first-order chi connectivity index (χ1) is 8.25. The molecule has 3 N–H and O–H groups in total. The molecule has 3 aromatic heterocycles. The third kappa shape index (κ3) is 1.46. The minimum absolute atomic E-state index is 0.112. The Morgan fingerprint density at radius 2 is 2.29 bits per heavy atom. The molecule has 0 saturated carbocycles. The molecule has 0 aromatic carbocycles. The Balaban J connectivity index is 2.19. The average Bonchev–Trinajstić information content (AvgIpc) is 2.97. The first-order valence-corrected chi connectivity index (χ1v) is 4.93. The van der Waals surface area contributed by atoms with Crippen LogP contribution in [0.25, 0.3) is 22.5 Å². The molecule has 0 atom stereocenters. The molecule has 1 amide bonds. The fraction of sp³-hybridized carbons (Fsp3) is 0. The summed E-state index contributed by atoms with van der Waals surface area (Å²) in [5, 5.41) is 0.880. The number of nitrogens with zero attached hydrogens (tertiary/aromatic N) is 2. The highest BCUT2D eigenvalue weighted by Gasteiger charge is 2.13. The van der Waals surface area contributed by atoms with Crippen molar-refractivity contribution in [1.29, 1.82) is 0 Å². The van der Waals surface area contributed by atoms with E-state index in [2.05, 4.69) is 15.0 Å². The highest BCUT2D eigenvalue weighted by molar-refractivity contribution is 5.93. The van der Waals surface area contributed by atoms with E-state index >= 15 is 0 Å². The third-order valence-electron chi connectivity index (χ3n) is 2.45. The molecule has 0 spiro atoms. The van der Waals surface area contributed by atoms with Crippen molar-refractivity contribution in [2.45, 2.75) is 0 Å². The summed E-state index contributed by atoms with van der Waals surface area (Å²) in [6.07, 6.45) is 4.66. The molecule has 0 saturated heterocycles. The lowest BCUT2D eigenvalue weighted by Crippen LogP contribution is -2.10. The van der Waals surface area contributed by atoms with E-state index in [-0.39, 0.29) is 5.69 Å². The number of rotatable bonds is 2. The van der Waals surface area contributed by atoms with Crippen molar-refractivity contribution in [2.75, 3.05) is 0 Å². The molecule has 3 aromatic rings. The maximum absolute atomic E-state index is 10.9. The van der Waals surface area contributed by atoms with E-state index in [0.29, 0.717) is 5.89 Å². The van der Waals surface area contributed by atoms with Gasteiger partial charge in [0.05, 0.1) is 0 Å². The van der Waals surface area contributed by atoms with Crippen molar-refractivity contribution >= 4 is 16.9 Å². The summed E-state index contributed by atoms with van der Waals surface area (Å²) in [6.45, 7) is 0. The molecule has 0 unspecified atom stereocenters. The predicted octanol–water partition coefficient (Wildman–Crippen LogP) is 1.32. The molecule has 84 valence electrons. The normalized spacial score (nSPS) is 10.8. The number of amides is 1. The van der Waals surface area contributed by atoms with Gasteiger partial charge in [-0.2, -0.15) is 0 Å². The largest absolute Gasteiger partial charge is 0.444 e. The first-order valence-electron chi connectivity index (χ1n) is 4.93. The Kier molecular flexibility index (Phi) is 1.94. The smallest absolute Gasteiger partial charge is 0.270 e. The fourth-order valence-corrected chi connectivity index (χ4v) is 1.66. The molecule has 0 aliphatic heterocycles. The molecule has 0 bridgehead atoms. The van der Waals surface area contributed by atoms with Crippen LogP contribution in [0.1, 0.15) is 10.5 Å². The van der Waals surface area contributed by atoms with E-state index in [1.54, 1.807) is 18.5 Å². The second-order valence-electron chi connectivity index (χ2n) is 3.50. The van der Waals surface area contributed by atoms with Crippen LogP contribution in [0, 0.1) is 0 Å². The molecular formula is C11H8N4O2. The van der Waals surface area contributed by atoms with Crippen LogP contribution in [-0.4, -0.2) is 20.9 Å². The molecule has 3 heterocycles. The van der Waals surface area contributed by atoms with Gasteiger partial charge in [-0.1, -0.05) is 0 Å². The lowest BCUT2D eigenvalue weighted by Gasteiger charge is -1.96. The number of carbonyl (C=O) groups is 1. The van der Waals surface area contributed by atoms with Gasteiger partial charge in [-0.3, -0.25) is 4.79 Å². The molecule has 17 heavy (non-hydrogen) atoms. The summed E-state index contributed by atoms with van der Waals surface area (Å²) in [6, 6.07) is 3.64. The molecule has 0 aliphatic rings. The highest BCUT2D eigenvalue weighted by atomic mass is 16.3. The summed E-state index contributed by atoms with van der Waals surface area (Å²) in [5.41, 5.74) is 6.73. The molecule has 0 fully saturated rings. The summed E-state index contributed by atoms with van der Waals surface area (Å²) >= 11 is 0. The number of hydrogen-bond donors (Lipinski definition) is 2. The van der Waals surface area contributed by atoms with Crippen LogP contribution in [0.2, 0.25) is 0 Å². The van der Waals surface area contributed by atoms with E-state index in [1.807, 2.05) is 6.07 Å². The Hall–Kier alpha value is -2.63. The topological polar surface area (TPSA) is 97.8 Å². The monoisotopic (exact) mass is 228 g/mol. The molecule has 3 rings (SSSR count). The Morgan fingerprint density at radius 3 is 3.06 bits per heavy atom. The number of nitrogens with two attached hydrogens (primary N) is 1. The first kappa shape index (κ1) is 9.59. The molecule has 6 heteroatoms. The van der Waals surface area contributed by atoms with E-state index < -0.39 is 5.91 Å². The van der Waals surface area contributed by atoms with Crippen molar-refractivity contribution in [3.8, 4) is 11.5 Å². The van der Waals surface area contributed by atoms with Gasteiger partial charge in [-0.15, -0.1) is 0 Å². The van der Waals surface area contributed by atoms with E-state index in [9.17, 15) is 4.79 Å². The molecule has 0 radical (unpaired) electrons. The van der Waals surface area contributed by atoms with Crippen LogP contribution in [0.4, 0.5) is 0 Å². The van der Waals surface area contributed by atoms with Gasteiger partial charge in [0.15, 0.2) is 5.69 Å². The predicted molar refractivity (Wildman–Crippen MR) is 60.1 cm³/mol. The number of fused-ring (bicyclic) bond motifs is 1. The second-order valence-corrected chi connectivity index (χ2v) is 3.50. The molecule has 0 aliphatic carbocycles. The van der Waals surface area contributed by atoms with Crippen molar-refractivity contribution in [2.24, 2.45) is 5.73 Å². The number of hydrogen-bond acceptors (Lipinski definition) is 4. The zero-order chi connectivity index (χ0) is 11.8. The summed E-state index contributed by atoms with van der Waals surface area (Å²) in [4.78, 5) is 22.1. The van der Waals surface area contributed by atoms with Crippen LogP contribution >= 0.6 is 0 Å². The average molecular weight is 228 g/mol. The zero-order valence-electron chi connectivity index (χ0n) is 8.68. The number of carbonyl (C=O) groups excluding carboxylic acids is 1. The maximum atomic E-state index is 10.9. The molecular weight excluding hydrogens is 220 g/mol. The number of nitrogens with one attached hydrogen (secondary N) is 1. The summed E-state index contributed by atoms with van der Waals surface area (Å²) < 4.78 is 5.24. The highest BCUT2D eigenvalue weighted by Crippen LogP contribution is 2.25. The number of aromatic amines is 1. The van der Waals surface area contributed by atoms with Gasteiger partial charge in [-0.05, 0) is 12.1 Å². The minimum Gasteiger partial charge on any atom is -0.444 e. The number of pyridine rings is 1. The van der Waals surface area contributed by atoms with Crippen molar-refractivity contribution < 1.29 is 9.21 Å². The maximum Gasteiger partial charge on any atom is 0.270 e. The quantitative estimate of drug-likeness (QED) is 0.691. The van der Waals surface area contributed by atoms with Gasteiger partial charge >= 0.3 is 0 Å². The van der Waals surface area contributed by atoms with Crippen LogP contribution < -0.4 is 5.73 Å². The fourth-order valence-electron chi connectivity index (χ4n) is 1.66. The van der Waals surface area contributed by atoms with Gasteiger partial charge in [0, 0.05) is 23.3 Å². The van der Waals surface area contributed by atoms with Crippen molar-refractivity contribution in [3.63, 3.8) is 0 Å². The van der Waals surface area contributed by atoms with Gasteiger partial charge in [0.2, 0.25) is 5.89 Å². The van der Waals surface area contributed by atoms with E-state index in [1.165, 1.54) is 6.26 Å². The van der Waals surface area contributed by atoms with Gasteiger partial charge in [0.1, 0.15) is 11.9 Å². The lowest BCUT2D eigenvalue weighted by molar-refractivity contribution is 0.0995. The number of oxazole rings is 1. The third-order valence-corrected chi connectivity index (χ3v) is 2.45. The van der Waals surface area contributed by atoms with Gasteiger partial charge < -0.3 is 15.1 Å². The lowest BCUT2D eigenvalue weighted by atomic mass is 10.2. The van der Waals surface area contributed by atoms with Gasteiger partial charge in [-0.25, -0.2) is 9.97 Å². The standard InChI is InChI=1S/C11H8N4O2/c12-9(16)8-5-17-11(15-8)7-2-4-14-10-6(7)1-3-13-10/h1-5H,(H2,12,16)(H,13,14). The van der Waals surface area contributed by atoms with Crippen molar-refractivity contribution in [3.05, 3.63) is 36.5 Å². The Bertz CT molecular complexity index is 698. The summed E-state index contributed by atoms with van der Waals surface area (Å²) in [7, 11) is 0.